The first-order chi connectivity index (χ1) is 4.93. The van der Waals surface area contributed by atoms with Crippen LogP contribution in [-0.2, 0) is 9.53 Å². The summed E-state index contributed by atoms with van der Waals surface area (Å²) in [6, 6.07) is 0. The fourth-order valence-corrected chi connectivity index (χ4v) is 1.06. The van der Waals surface area contributed by atoms with Crippen molar-refractivity contribution in [3.8, 4) is 0 Å². The maximum absolute atomic E-state index is 9.99. The lowest BCUT2D eigenvalue weighted by Crippen LogP contribution is -2.36. The van der Waals surface area contributed by atoms with Gasteiger partial charge in [0.1, 0.15) is 6.29 Å². The van der Waals surface area contributed by atoms with Gasteiger partial charge in [-0.1, -0.05) is 0 Å². The van der Waals surface area contributed by atoms with Crippen LogP contribution in [-0.4, -0.2) is 44.0 Å². The number of hydrogen-bond donors (Lipinski definition) is 0. The Labute approximate surface area is 73.1 Å². The van der Waals surface area contributed by atoms with Crippen molar-refractivity contribution >= 4 is 18.7 Å². The van der Waals surface area contributed by atoms with Gasteiger partial charge in [-0.15, -0.1) is 12.4 Å². The molecule has 4 heteroatoms. The van der Waals surface area contributed by atoms with Crippen molar-refractivity contribution < 1.29 is 9.53 Å². The number of carbonyl (C=O) groups excluding carboxylic acids is 1. The summed E-state index contributed by atoms with van der Waals surface area (Å²) in [5, 5.41) is 0. The Kier molecular flexibility index (Phi) is 6.51. The fraction of sp³-hybridized carbons (Fsp3) is 0.857. The summed E-state index contributed by atoms with van der Waals surface area (Å²) in [4.78, 5) is 12.2. The van der Waals surface area contributed by atoms with E-state index >= 15 is 0 Å². The number of aldehydes is 1. The van der Waals surface area contributed by atoms with Gasteiger partial charge in [-0.05, 0) is 0 Å². The van der Waals surface area contributed by atoms with E-state index < -0.39 is 0 Å². The molecule has 1 saturated heterocycles. The summed E-state index contributed by atoms with van der Waals surface area (Å²) in [6.07, 6.45) is 1.62. The van der Waals surface area contributed by atoms with E-state index in [0.717, 1.165) is 39.1 Å². The summed E-state index contributed by atoms with van der Waals surface area (Å²) in [5.74, 6) is 0. The van der Waals surface area contributed by atoms with Crippen LogP contribution in [0.25, 0.3) is 0 Å². The van der Waals surface area contributed by atoms with Gasteiger partial charge >= 0.3 is 0 Å². The molecule has 66 valence electrons. The first-order valence-corrected chi connectivity index (χ1v) is 3.67. The molecule has 0 bridgehead atoms. The largest absolute Gasteiger partial charge is 0.379 e. The van der Waals surface area contributed by atoms with Gasteiger partial charge in [0.05, 0.1) is 13.2 Å². The van der Waals surface area contributed by atoms with Crippen LogP contribution in [0.5, 0.6) is 0 Å². The van der Waals surface area contributed by atoms with E-state index in [9.17, 15) is 4.79 Å². The van der Waals surface area contributed by atoms with Crippen LogP contribution in [0.1, 0.15) is 6.42 Å². The van der Waals surface area contributed by atoms with Crippen LogP contribution in [0.15, 0.2) is 0 Å². The summed E-state index contributed by atoms with van der Waals surface area (Å²) < 4.78 is 5.15. The number of ether oxygens (including phenoxy) is 1. The number of halogens is 1. The molecule has 0 N–H and O–H groups in total. The molecule has 0 spiro atoms. The highest BCUT2D eigenvalue weighted by Crippen LogP contribution is 1.96. The Morgan fingerprint density at radius 1 is 1.36 bits per heavy atom. The number of hydrogen-bond acceptors (Lipinski definition) is 3. The molecule has 0 saturated carbocycles. The molecule has 1 fully saturated rings. The zero-order valence-corrected chi connectivity index (χ0v) is 7.31. The Bertz CT molecular complexity index is 105. The summed E-state index contributed by atoms with van der Waals surface area (Å²) in [7, 11) is 0. The fourth-order valence-electron chi connectivity index (χ4n) is 1.06. The highest BCUT2D eigenvalue weighted by Gasteiger charge is 2.08. The summed E-state index contributed by atoms with van der Waals surface area (Å²) in [6.45, 7) is 4.49. The minimum Gasteiger partial charge on any atom is -0.379 e. The van der Waals surface area contributed by atoms with E-state index in [0.29, 0.717) is 6.42 Å². The van der Waals surface area contributed by atoms with Crippen LogP contribution < -0.4 is 0 Å². The van der Waals surface area contributed by atoms with E-state index in [1.165, 1.54) is 0 Å². The Morgan fingerprint density at radius 3 is 2.55 bits per heavy atom. The van der Waals surface area contributed by atoms with Gasteiger partial charge in [0.25, 0.3) is 0 Å². The lowest BCUT2D eigenvalue weighted by molar-refractivity contribution is -0.108. The maximum Gasteiger partial charge on any atom is 0.121 e. The van der Waals surface area contributed by atoms with Crippen molar-refractivity contribution in [3.63, 3.8) is 0 Å². The molecule has 1 aliphatic heterocycles. The molecule has 0 unspecified atom stereocenters. The van der Waals surface area contributed by atoms with Gasteiger partial charge in [-0.25, -0.2) is 0 Å². The van der Waals surface area contributed by atoms with E-state index in [1.54, 1.807) is 0 Å². The zero-order valence-electron chi connectivity index (χ0n) is 6.49. The Hall–Kier alpha value is -0.120. The van der Waals surface area contributed by atoms with Crippen molar-refractivity contribution in [2.75, 3.05) is 32.8 Å². The molecule has 0 aromatic rings. The lowest BCUT2D eigenvalue weighted by atomic mass is 10.3. The molecular weight excluding hydrogens is 166 g/mol. The monoisotopic (exact) mass is 179 g/mol. The predicted octanol–water partition coefficient (Wildman–Crippen LogP) is 0.329. The minimum atomic E-state index is 0. The van der Waals surface area contributed by atoms with Crippen molar-refractivity contribution in [3.05, 3.63) is 0 Å². The molecule has 0 aromatic carbocycles. The number of morpholine rings is 1. The maximum atomic E-state index is 9.99. The highest BCUT2D eigenvalue weighted by atomic mass is 35.5. The van der Waals surface area contributed by atoms with Crippen molar-refractivity contribution in [1.29, 1.82) is 0 Å². The molecule has 1 heterocycles. The quantitative estimate of drug-likeness (QED) is 0.585. The Balaban J connectivity index is 0.000001000. The third kappa shape index (κ3) is 4.35. The van der Waals surface area contributed by atoms with E-state index in [2.05, 4.69) is 4.90 Å². The van der Waals surface area contributed by atoms with Gasteiger partial charge < -0.3 is 9.53 Å². The van der Waals surface area contributed by atoms with Gasteiger partial charge in [0.2, 0.25) is 0 Å². The number of carbonyl (C=O) groups is 1. The van der Waals surface area contributed by atoms with E-state index in [1.807, 2.05) is 0 Å². The van der Waals surface area contributed by atoms with Crippen LogP contribution in [0.4, 0.5) is 0 Å². The molecule has 3 nitrogen and oxygen atoms in total. The third-order valence-electron chi connectivity index (χ3n) is 1.67. The first-order valence-electron chi connectivity index (χ1n) is 3.67. The third-order valence-corrected chi connectivity index (χ3v) is 1.67. The second kappa shape index (κ2) is 6.58. The van der Waals surface area contributed by atoms with Crippen molar-refractivity contribution in [2.45, 2.75) is 6.42 Å². The van der Waals surface area contributed by atoms with Crippen LogP contribution >= 0.6 is 12.4 Å². The van der Waals surface area contributed by atoms with Gasteiger partial charge in [0, 0.05) is 26.1 Å². The molecule has 1 aliphatic rings. The molecule has 0 atom stereocenters. The molecular formula is C7H14ClNO2. The second-order valence-corrected chi connectivity index (χ2v) is 2.41. The van der Waals surface area contributed by atoms with Crippen molar-refractivity contribution in [2.24, 2.45) is 0 Å². The van der Waals surface area contributed by atoms with Gasteiger partial charge in [0.15, 0.2) is 0 Å². The SMILES string of the molecule is Cl.O=CCCN1CCOCC1. The second-order valence-electron chi connectivity index (χ2n) is 2.41. The number of nitrogens with zero attached hydrogens (tertiary/aromatic N) is 1. The van der Waals surface area contributed by atoms with Gasteiger partial charge in [-0.3, -0.25) is 4.90 Å². The minimum absolute atomic E-state index is 0. The van der Waals surface area contributed by atoms with E-state index in [-0.39, 0.29) is 12.4 Å². The molecule has 0 aliphatic carbocycles. The number of rotatable bonds is 3. The topological polar surface area (TPSA) is 29.5 Å². The average Bonchev–Trinajstić information content (AvgIpc) is 2.03. The molecule has 0 radical (unpaired) electrons. The smallest absolute Gasteiger partial charge is 0.121 e. The van der Waals surface area contributed by atoms with Crippen LogP contribution in [0, 0.1) is 0 Å². The summed E-state index contributed by atoms with van der Waals surface area (Å²) in [5.41, 5.74) is 0. The van der Waals surface area contributed by atoms with Crippen molar-refractivity contribution in [1.82, 2.24) is 4.90 Å². The molecule has 0 aromatic heterocycles. The first kappa shape index (κ1) is 10.9. The molecule has 0 amide bonds. The zero-order chi connectivity index (χ0) is 7.23. The Morgan fingerprint density at radius 2 is 2.00 bits per heavy atom. The molecule has 11 heavy (non-hydrogen) atoms. The lowest BCUT2D eigenvalue weighted by Gasteiger charge is -2.25. The van der Waals surface area contributed by atoms with E-state index in [4.69, 9.17) is 4.74 Å². The predicted molar refractivity (Wildman–Crippen MR) is 45.2 cm³/mol. The summed E-state index contributed by atoms with van der Waals surface area (Å²) >= 11 is 0. The van der Waals surface area contributed by atoms with Crippen LogP contribution in [0.3, 0.4) is 0 Å². The average molecular weight is 180 g/mol. The normalized spacial score (nSPS) is 18.9. The van der Waals surface area contributed by atoms with Gasteiger partial charge in [-0.2, -0.15) is 0 Å². The standard InChI is InChI=1S/C7H13NO2.ClH/c9-5-1-2-8-3-6-10-7-4-8;/h5H,1-4,6-7H2;1H. The highest BCUT2D eigenvalue weighted by molar-refractivity contribution is 5.85. The molecule has 1 rings (SSSR count). The van der Waals surface area contributed by atoms with Crippen LogP contribution in [0.2, 0.25) is 0 Å².